The zero-order valence-corrected chi connectivity index (χ0v) is 52.2. The Morgan fingerprint density at radius 3 is 1.08 bits per heavy atom. The smallest absolute Gasteiger partial charge is 0.306 e. The minimum atomic E-state index is -1.63. The third-order valence-electron chi connectivity index (χ3n) is 14.4. The van der Waals surface area contributed by atoms with Gasteiger partial charge in [0, 0.05) is 12.8 Å². The second-order valence-corrected chi connectivity index (χ2v) is 23.4. The van der Waals surface area contributed by atoms with E-state index in [-0.39, 0.29) is 32.2 Å². The summed E-state index contributed by atoms with van der Waals surface area (Å²) in [7, 11) is 5.93. The average Bonchev–Trinajstić information content (AvgIpc) is 3.42. The second-order valence-electron chi connectivity index (χ2n) is 23.4. The number of rotatable bonds is 61. The number of likely N-dealkylation sites (N-methyl/N-ethyl adjacent to an activating group) is 1. The van der Waals surface area contributed by atoms with E-state index in [1.807, 2.05) is 21.1 Å². The normalized spacial score (nSPS) is 13.2. The van der Waals surface area contributed by atoms with Gasteiger partial charge in [0.2, 0.25) is 0 Å². The molecule has 0 rings (SSSR count). The van der Waals surface area contributed by atoms with E-state index in [0.717, 1.165) is 77.0 Å². The summed E-state index contributed by atoms with van der Waals surface area (Å²) in [5.74, 6) is -2.28. The molecule has 2 atom stereocenters. The number of ether oxygens (including phenoxy) is 4. The molecule has 0 aliphatic heterocycles. The van der Waals surface area contributed by atoms with Crippen molar-refractivity contribution in [2.45, 2.75) is 309 Å². The van der Waals surface area contributed by atoms with Crippen LogP contribution in [-0.4, -0.2) is 82.3 Å². The third kappa shape index (κ3) is 62.2. The summed E-state index contributed by atoms with van der Waals surface area (Å²) in [5, 5.41) is 11.8. The van der Waals surface area contributed by atoms with Crippen molar-refractivity contribution in [2.75, 3.05) is 47.5 Å². The quantitative estimate of drug-likeness (QED) is 0.0195. The Hall–Kier alpha value is -3.27. The van der Waals surface area contributed by atoms with Gasteiger partial charge in [-0.15, -0.1) is 0 Å². The largest absolute Gasteiger partial charge is 0.545 e. The Kier molecular flexibility index (Phi) is 58.3. The van der Waals surface area contributed by atoms with Gasteiger partial charge in [-0.3, -0.25) is 9.59 Å². The number of carbonyl (C=O) groups is 3. The second kappa shape index (κ2) is 60.8. The van der Waals surface area contributed by atoms with Crippen molar-refractivity contribution in [1.82, 2.24) is 0 Å². The maximum atomic E-state index is 12.9. The van der Waals surface area contributed by atoms with E-state index in [4.69, 9.17) is 18.9 Å². The molecule has 0 aromatic heterocycles. The summed E-state index contributed by atoms with van der Waals surface area (Å²) >= 11 is 0. The standard InChI is InChI=1S/C70H125NO8/c1-6-8-10-12-14-16-18-20-22-24-26-28-29-30-31-32-33-34-35-36-37-38-39-41-42-44-46-48-50-52-54-56-58-60-67(72)77-64-66(65-78-70(69(74)75)76-63-62-71(3,4)5)79-68(73)61-59-57-55-53-51-49-47-45-43-40-27-25-23-21-19-17-15-13-11-9-7-2/h9,11,15,17-18,20-21,23-24,26-27,40,66,70H,6-8,10,12-14,16,19,22,25,28-39,41-65H2,1-5H3/b11-9-,17-15-,20-18-,23-21-,26-24-,40-27-. The van der Waals surface area contributed by atoms with Gasteiger partial charge in [-0.25, -0.2) is 0 Å². The number of allylic oxidation sites excluding steroid dienone is 12. The van der Waals surface area contributed by atoms with Gasteiger partial charge in [-0.1, -0.05) is 273 Å². The molecular formula is C70H125NO8. The molecule has 0 heterocycles. The fourth-order valence-corrected chi connectivity index (χ4v) is 9.38. The highest BCUT2D eigenvalue weighted by molar-refractivity contribution is 5.70. The van der Waals surface area contributed by atoms with Crippen molar-refractivity contribution in [3.05, 3.63) is 72.9 Å². The lowest BCUT2D eigenvalue weighted by Gasteiger charge is -2.26. The van der Waals surface area contributed by atoms with Crippen LogP contribution in [0.25, 0.3) is 0 Å². The molecule has 0 aromatic rings. The Balaban J connectivity index is 4.09. The number of carboxylic acid groups (broad SMARTS) is 1. The monoisotopic (exact) mass is 1110 g/mol. The molecular weight excluding hydrogens is 983 g/mol. The minimum absolute atomic E-state index is 0.145. The molecule has 0 saturated carbocycles. The molecule has 0 fully saturated rings. The number of quaternary nitrogens is 1. The minimum Gasteiger partial charge on any atom is -0.545 e. The van der Waals surface area contributed by atoms with Crippen LogP contribution < -0.4 is 5.11 Å². The van der Waals surface area contributed by atoms with Crippen molar-refractivity contribution in [3.8, 4) is 0 Å². The first-order chi connectivity index (χ1) is 38.6. The van der Waals surface area contributed by atoms with E-state index in [1.54, 1.807) is 0 Å². The zero-order valence-electron chi connectivity index (χ0n) is 52.2. The van der Waals surface area contributed by atoms with Crippen molar-refractivity contribution in [2.24, 2.45) is 0 Å². The maximum absolute atomic E-state index is 12.9. The van der Waals surface area contributed by atoms with Crippen molar-refractivity contribution >= 4 is 17.9 Å². The summed E-state index contributed by atoms with van der Waals surface area (Å²) in [6, 6.07) is 0. The van der Waals surface area contributed by atoms with Crippen LogP contribution in [0, 0.1) is 0 Å². The third-order valence-corrected chi connectivity index (χ3v) is 14.4. The lowest BCUT2D eigenvalue weighted by molar-refractivity contribution is -0.870. The molecule has 0 aliphatic carbocycles. The number of unbranched alkanes of at least 4 members (excludes halogenated alkanes) is 34. The van der Waals surface area contributed by atoms with Crippen LogP contribution in [0.3, 0.4) is 0 Å². The highest BCUT2D eigenvalue weighted by Gasteiger charge is 2.22. The number of aliphatic carboxylic acids is 1. The van der Waals surface area contributed by atoms with Gasteiger partial charge in [0.05, 0.1) is 40.3 Å². The van der Waals surface area contributed by atoms with E-state index in [1.165, 1.54) is 186 Å². The molecule has 79 heavy (non-hydrogen) atoms. The molecule has 0 saturated heterocycles. The van der Waals surface area contributed by atoms with Crippen LogP contribution in [0.1, 0.15) is 296 Å². The fourth-order valence-electron chi connectivity index (χ4n) is 9.38. The fraction of sp³-hybridized carbons (Fsp3) is 0.786. The Morgan fingerprint density at radius 2 is 0.722 bits per heavy atom. The maximum Gasteiger partial charge on any atom is 0.306 e. The summed E-state index contributed by atoms with van der Waals surface area (Å²) in [6.45, 7) is 4.65. The topological polar surface area (TPSA) is 111 Å². The Bertz CT molecular complexity index is 1520. The molecule has 2 unspecified atom stereocenters. The van der Waals surface area contributed by atoms with E-state index < -0.39 is 24.3 Å². The van der Waals surface area contributed by atoms with Crippen LogP contribution in [0.4, 0.5) is 0 Å². The highest BCUT2D eigenvalue weighted by Crippen LogP contribution is 2.17. The SMILES string of the molecule is CC/C=C\C/C=C\C/C=C\C/C=C\CCCCCCCCCCC(=O)OC(COC(=O)CCCCCCCCCCCCCCCCCCCCCCC/C=C\C/C=C\CCCCCCC)COC(OCC[N+](C)(C)C)C(=O)[O-]. The van der Waals surface area contributed by atoms with Gasteiger partial charge in [0.1, 0.15) is 13.2 Å². The molecule has 0 aromatic carbocycles. The van der Waals surface area contributed by atoms with Gasteiger partial charge in [-0.2, -0.15) is 0 Å². The molecule has 9 nitrogen and oxygen atoms in total. The highest BCUT2D eigenvalue weighted by atomic mass is 16.7. The molecule has 458 valence electrons. The molecule has 0 N–H and O–H groups in total. The van der Waals surface area contributed by atoms with Crippen LogP contribution in [0.2, 0.25) is 0 Å². The number of hydrogen-bond acceptors (Lipinski definition) is 8. The zero-order chi connectivity index (χ0) is 57.6. The predicted molar refractivity (Wildman–Crippen MR) is 334 cm³/mol. The molecule has 0 amide bonds. The molecule has 0 aliphatic rings. The van der Waals surface area contributed by atoms with E-state index in [0.29, 0.717) is 23.9 Å². The first-order valence-electron chi connectivity index (χ1n) is 33.1. The number of carbonyl (C=O) groups excluding carboxylic acids is 3. The van der Waals surface area contributed by atoms with Crippen LogP contribution in [-0.2, 0) is 33.3 Å². The van der Waals surface area contributed by atoms with Crippen LogP contribution in [0.5, 0.6) is 0 Å². The lowest BCUT2D eigenvalue weighted by atomic mass is 10.0. The summed E-state index contributed by atoms with van der Waals surface area (Å²) < 4.78 is 22.8. The van der Waals surface area contributed by atoms with Crippen molar-refractivity contribution in [1.29, 1.82) is 0 Å². The van der Waals surface area contributed by atoms with Gasteiger partial charge >= 0.3 is 11.9 Å². The number of hydrogen-bond donors (Lipinski definition) is 0. The van der Waals surface area contributed by atoms with Crippen molar-refractivity contribution < 1.29 is 42.9 Å². The summed E-state index contributed by atoms with van der Waals surface area (Å²) in [6.07, 6.45) is 76.9. The van der Waals surface area contributed by atoms with E-state index in [2.05, 4.69) is 86.8 Å². The molecule has 0 bridgehead atoms. The Labute approximate surface area is 487 Å². The van der Waals surface area contributed by atoms with Gasteiger partial charge in [0.15, 0.2) is 12.4 Å². The van der Waals surface area contributed by atoms with Gasteiger partial charge in [-0.05, 0) is 83.5 Å². The van der Waals surface area contributed by atoms with Crippen molar-refractivity contribution in [3.63, 3.8) is 0 Å². The number of carboxylic acids is 1. The van der Waals surface area contributed by atoms with Gasteiger partial charge in [0.25, 0.3) is 0 Å². The van der Waals surface area contributed by atoms with E-state index >= 15 is 0 Å². The van der Waals surface area contributed by atoms with Crippen LogP contribution in [0.15, 0.2) is 72.9 Å². The number of esters is 2. The number of nitrogens with zero attached hydrogens (tertiary/aromatic N) is 1. The summed E-state index contributed by atoms with van der Waals surface area (Å²) in [5.41, 5.74) is 0. The summed E-state index contributed by atoms with van der Waals surface area (Å²) in [4.78, 5) is 37.4. The van der Waals surface area contributed by atoms with Crippen LogP contribution >= 0.6 is 0 Å². The van der Waals surface area contributed by atoms with Gasteiger partial charge < -0.3 is 33.3 Å². The van der Waals surface area contributed by atoms with E-state index in [9.17, 15) is 19.5 Å². The first-order valence-corrected chi connectivity index (χ1v) is 33.1. The molecule has 0 radical (unpaired) electrons. The molecule has 9 heteroatoms. The Morgan fingerprint density at radius 1 is 0.392 bits per heavy atom. The average molecular weight is 1110 g/mol. The first kappa shape index (κ1) is 75.7. The lowest BCUT2D eigenvalue weighted by Crippen LogP contribution is -2.44. The molecule has 0 spiro atoms. The predicted octanol–water partition coefficient (Wildman–Crippen LogP) is 18.8.